The minimum Gasteiger partial charge on any atom is -0.493 e. The number of tetrazole rings is 1. The lowest BCUT2D eigenvalue weighted by Gasteiger charge is -2.12. The van der Waals surface area contributed by atoms with Gasteiger partial charge in [0.05, 0.1) is 12.8 Å². The highest BCUT2D eigenvalue weighted by atomic mass is 16.5. The number of hydrogen-bond acceptors (Lipinski definition) is 6. The number of methoxy groups -OCH3 is 1. The summed E-state index contributed by atoms with van der Waals surface area (Å²) in [6.45, 7) is 6.22. The van der Waals surface area contributed by atoms with Gasteiger partial charge in [-0.1, -0.05) is 43.2 Å². The summed E-state index contributed by atoms with van der Waals surface area (Å²) < 4.78 is 13.0. The van der Waals surface area contributed by atoms with E-state index in [1.165, 1.54) is 0 Å². The van der Waals surface area contributed by atoms with Crippen LogP contribution in [-0.2, 0) is 6.54 Å². The van der Waals surface area contributed by atoms with Crippen LogP contribution in [0.4, 0.5) is 0 Å². The van der Waals surface area contributed by atoms with Gasteiger partial charge in [0.25, 0.3) is 0 Å². The highest BCUT2D eigenvalue weighted by Crippen LogP contribution is 2.32. The predicted octanol–water partition coefficient (Wildman–Crippen LogP) is 3.60. The number of nitrogens with zero attached hydrogens (tertiary/aromatic N) is 4. The molecule has 142 valence electrons. The Morgan fingerprint density at radius 3 is 2.63 bits per heavy atom. The van der Waals surface area contributed by atoms with Crippen molar-refractivity contribution in [3.8, 4) is 23.2 Å². The molecule has 3 aromatic rings. The van der Waals surface area contributed by atoms with Crippen LogP contribution < -0.4 is 14.8 Å². The Kier molecular flexibility index (Phi) is 6.38. The molecule has 7 nitrogen and oxygen atoms in total. The standard InChI is InChI=1S/C20H25N5O2/c1-15(2)11-12-21-14-16-9-10-18(19(13-16)26-3)27-20-22-23-24-25(20)17-7-5-4-6-8-17/h4-10,13,15,21H,11-12,14H2,1-3H3. The van der Waals surface area contributed by atoms with Crippen molar-refractivity contribution in [3.05, 3.63) is 54.1 Å². The average Bonchev–Trinajstić information content (AvgIpc) is 3.15. The lowest BCUT2D eigenvalue weighted by molar-refractivity contribution is 0.362. The largest absolute Gasteiger partial charge is 0.493 e. The molecule has 0 bridgehead atoms. The van der Waals surface area contributed by atoms with Gasteiger partial charge < -0.3 is 14.8 Å². The highest BCUT2D eigenvalue weighted by Gasteiger charge is 2.14. The van der Waals surface area contributed by atoms with Gasteiger partial charge in [-0.2, -0.15) is 4.68 Å². The fourth-order valence-electron chi connectivity index (χ4n) is 2.60. The Balaban J connectivity index is 1.72. The number of aromatic nitrogens is 4. The molecule has 0 aliphatic rings. The van der Waals surface area contributed by atoms with E-state index in [4.69, 9.17) is 9.47 Å². The zero-order valence-electron chi connectivity index (χ0n) is 15.9. The maximum Gasteiger partial charge on any atom is 0.346 e. The fraction of sp³-hybridized carbons (Fsp3) is 0.350. The number of hydrogen-bond donors (Lipinski definition) is 1. The molecule has 0 unspecified atom stereocenters. The number of ether oxygens (including phenoxy) is 2. The number of benzene rings is 2. The molecule has 2 aromatic carbocycles. The molecular formula is C20H25N5O2. The summed E-state index contributed by atoms with van der Waals surface area (Å²) in [4.78, 5) is 0. The van der Waals surface area contributed by atoms with E-state index in [1.54, 1.807) is 11.8 Å². The van der Waals surface area contributed by atoms with Crippen molar-refractivity contribution < 1.29 is 9.47 Å². The van der Waals surface area contributed by atoms with Gasteiger partial charge in [0.2, 0.25) is 0 Å². The van der Waals surface area contributed by atoms with Crippen molar-refractivity contribution >= 4 is 0 Å². The molecule has 27 heavy (non-hydrogen) atoms. The molecule has 0 saturated heterocycles. The maximum atomic E-state index is 5.92. The van der Waals surface area contributed by atoms with Crippen LogP contribution in [0, 0.1) is 5.92 Å². The third-order valence-corrected chi connectivity index (χ3v) is 4.10. The number of nitrogens with one attached hydrogen (secondary N) is 1. The van der Waals surface area contributed by atoms with E-state index in [0.29, 0.717) is 17.4 Å². The van der Waals surface area contributed by atoms with Crippen LogP contribution in [0.2, 0.25) is 0 Å². The zero-order valence-corrected chi connectivity index (χ0v) is 15.9. The van der Waals surface area contributed by atoms with E-state index in [9.17, 15) is 0 Å². The first-order chi connectivity index (χ1) is 13.2. The van der Waals surface area contributed by atoms with E-state index in [0.717, 1.165) is 30.8 Å². The quantitative estimate of drug-likeness (QED) is 0.583. The number of rotatable bonds is 9. The van der Waals surface area contributed by atoms with Gasteiger partial charge in [-0.05, 0) is 59.1 Å². The summed E-state index contributed by atoms with van der Waals surface area (Å²) in [5.74, 6) is 1.90. The third kappa shape index (κ3) is 5.04. The summed E-state index contributed by atoms with van der Waals surface area (Å²) in [5.41, 5.74) is 1.95. The van der Waals surface area contributed by atoms with Crippen molar-refractivity contribution in [2.24, 2.45) is 5.92 Å². The van der Waals surface area contributed by atoms with E-state index >= 15 is 0 Å². The second-order valence-corrected chi connectivity index (χ2v) is 6.66. The topological polar surface area (TPSA) is 74.1 Å². The van der Waals surface area contributed by atoms with Gasteiger partial charge in [0.1, 0.15) is 0 Å². The number of para-hydroxylation sites is 1. The zero-order chi connectivity index (χ0) is 19.1. The van der Waals surface area contributed by atoms with Crippen LogP contribution in [0.25, 0.3) is 5.69 Å². The van der Waals surface area contributed by atoms with Crippen molar-refractivity contribution in [3.63, 3.8) is 0 Å². The summed E-state index contributed by atoms with van der Waals surface area (Å²) in [6.07, 6.45) is 1.15. The van der Waals surface area contributed by atoms with Gasteiger partial charge in [-0.15, -0.1) is 0 Å². The summed E-state index contributed by atoms with van der Waals surface area (Å²) in [5, 5.41) is 15.1. The van der Waals surface area contributed by atoms with Crippen LogP contribution in [0.5, 0.6) is 17.5 Å². The van der Waals surface area contributed by atoms with E-state index in [-0.39, 0.29) is 6.01 Å². The van der Waals surface area contributed by atoms with Crippen molar-refractivity contribution in [1.29, 1.82) is 0 Å². The molecule has 1 heterocycles. The minimum atomic E-state index is 0.280. The monoisotopic (exact) mass is 367 g/mol. The van der Waals surface area contributed by atoms with Gasteiger partial charge in [0.15, 0.2) is 11.5 Å². The van der Waals surface area contributed by atoms with Crippen molar-refractivity contribution in [1.82, 2.24) is 25.5 Å². The fourth-order valence-corrected chi connectivity index (χ4v) is 2.60. The Bertz CT molecular complexity index is 849. The van der Waals surface area contributed by atoms with Gasteiger partial charge >= 0.3 is 6.01 Å². The molecule has 1 N–H and O–H groups in total. The lowest BCUT2D eigenvalue weighted by atomic mass is 10.1. The maximum absolute atomic E-state index is 5.92. The molecule has 0 saturated carbocycles. The van der Waals surface area contributed by atoms with Gasteiger partial charge in [-0.3, -0.25) is 0 Å². The van der Waals surface area contributed by atoms with Gasteiger partial charge in [-0.25, -0.2) is 0 Å². The van der Waals surface area contributed by atoms with E-state index in [1.807, 2.05) is 48.5 Å². The normalized spacial score (nSPS) is 11.0. The van der Waals surface area contributed by atoms with E-state index < -0.39 is 0 Å². The minimum absolute atomic E-state index is 0.280. The van der Waals surface area contributed by atoms with Crippen LogP contribution in [-0.4, -0.2) is 33.9 Å². The van der Waals surface area contributed by atoms with Crippen LogP contribution in [0.15, 0.2) is 48.5 Å². The molecule has 0 aliphatic carbocycles. The predicted molar refractivity (Wildman–Crippen MR) is 103 cm³/mol. The molecule has 1 aromatic heterocycles. The molecule has 3 rings (SSSR count). The summed E-state index contributed by atoms with van der Waals surface area (Å²) in [6, 6.07) is 15.7. The first-order valence-corrected chi connectivity index (χ1v) is 9.06. The molecule has 7 heteroatoms. The van der Waals surface area contributed by atoms with Crippen LogP contribution in [0.3, 0.4) is 0 Å². The Morgan fingerprint density at radius 1 is 1.07 bits per heavy atom. The molecule has 0 radical (unpaired) electrons. The molecule has 0 atom stereocenters. The van der Waals surface area contributed by atoms with Gasteiger partial charge in [0, 0.05) is 6.54 Å². The third-order valence-electron chi connectivity index (χ3n) is 4.10. The smallest absolute Gasteiger partial charge is 0.346 e. The summed E-state index contributed by atoms with van der Waals surface area (Å²) in [7, 11) is 1.62. The second-order valence-electron chi connectivity index (χ2n) is 6.66. The van der Waals surface area contributed by atoms with E-state index in [2.05, 4.69) is 34.7 Å². The first kappa shape index (κ1) is 18.8. The lowest BCUT2D eigenvalue weighted by Crippen LogP contribution is -2.16. The SMILES string of the molecule is COc1cc(CNCCC(C)C)ccc1Oc1nnnn1-c1ccccc1. The Morgan fingerprint density at radius 2 is 1.89 bits per heavy atom. The van der Waals surface area contributed by atoms with Crippen molar-refractivity contribution in [2.75, 3.05) is 13.7 Å². The first-order valence-electron chi connectivity index (χ1n) is 9.06. The molecule has 0 spiro atoms. The van der Waals surface area contributed by atoms with Crippen LogP contribution in [0.1, 0.15) is 25.8 Å². The molecule has 0 fully saturated rings. The highest BCUT2D eigenvalue weighted by molar-refractivity contribution is 5.44. The molecule has 0 amide bonds. The summed E-state index contributed by atoms with van der Waals surface area (Å²) >= 11 is 0. The molecular weight excluding hydrogens is 342 g/mol. The average molecular weight is 367 g/mol. The molecule has 0 aliphatic heterocycles. The Labute approximate surface area is 159 Å². The Hall–Kier alpha value is -2.93. The van der Waals surface area contributed by atoms with Crippen molar-refractivity contribution in [2.45, 2.75) is 26.8 Å². The van der Waals surface area contributed by atoms with Crippen LogP contribution >= 0.6 is 0 Å². The second kappa shape index (κ2) is 9.14.